The summed E-state index contributed by atoms with van der Waals surface area (Å²) in [7, 11) is 0. The highest BCUT2D eigenvalue weighted by Crippen LogP contribution is 2.37. The molecule has 0 amide bonds. The zero-order valence-corrected chi connectivity index (χ0v) is 9.95. The van der Waals surface area contributed by atoms with E-state index < -0.39 is 0 Å². The van der Waals surface area contributed by atoms with E-state index in [0.717, 1.165) is 19.3 Å². The lowest BCUT2D eigenvalue weighted by Gasteiger charge is -2.19. The number of hydrogen-bond acceptors (Lipinski definition) is 6. The topological polar surface area (TPSA) is 116 Å². The minimum absolute atomic E-state index is 0.153. The molecular weight excluding hydrogens is 232 g/mol. The van der Waals surface area contributed by atoms with Gasteiger partial charge in [-0.05, 0) is 12.8 Å². The SMILES string of the molecule is Nc1nc(N)c2ncn([C@H]3CCC[C@H]3CO)c2n1. The summed E-state index contributed by atoms with van der Waals surface area (Å²) in [5.41, 5.74) is 12.6. The summed E-state index contributed by atoms with van der Waals surface area (Å²) in [5.74, 6) is 0.704. The maximum atomic E-state index is 9.40. The third kappa shape index (κ3) is 1.59. The highest BCUT2D eigenvalue weighted by molar-refractivity contribution is 5.82. The van der Waals surface area contributed by atoms with E-state index in [1.54, 1.807) is 6.33 Å². The van der Waals surface area contributed by atoms with E-state index in [2.05, 4.69) is 15.0 Å². The first-order chi connectivity index (χ1) is 8.70. The molecule has 0 saturated heterocycles. The number of fused-ring (bicyclic) bond motifs is 1. The van der Waals surface area contributed by atoms with E-state index in [0.29, 0.717) is 17.0 Å². The minimum Gasteiger partial charge on any atom is -0.396 e. The van der Waals surface area contributed by atoms with E-state index in [4.69, 9.17) is 11.5 Å². The third-order valence-corrected chi connectivity index (χ3v) is 3.68. The predicted molar refractivity (Wildman–Crippen MR) is 67.6 cm³/mol. The van der Waals surface area contributed by atoms with Gasteiger partial charge >= 0.3 is 0 Å². The minimum atomic E-state index is 0.153. The van der Waals surface area contributed by atoms with Gasteiger partial charge in [0.25, 0.3) is 0 Å². The van der Waals surface area contributed by atoms with Gasteiger partial charge in [0.2, 0.25) is 5.95 Å². The Hall–Kier alpha value is -1.89. The lowest BCUT2D eigenvalue weighted by molar-refractivity contribution is 0.197. The molecule has 3 rings (SSSR count). The van der Waals surface area contributed by atoms with Gasteiger partial charge in [-0.1, -0.05) is 6.42 Å². The van der Waals surface area contributed by atoms with Gasteiger partial charge in [0.1, 0.15) is 5.52 Å². The average Bonchev–Trinajstić information content (AvgIpc) is 2.93. The number of imidazole rings is 1. The van der Waals surface area contributed by atoms with Gasteiger partial charge in [0.05, 0.1) is 6.33 Å². The van der Waals surface area contributed by atoms with Gasteiger partial charge in [-0.25, -0.2) is 4.98 Å². The standard InChI is InChI=1S/C11H16N6O/c12-9-8-10(16-11(13)15-9)17(5-14-8)7-3-1-2-6(7)4-18/h5-7,18H,1-4H2,(H4,12,13,15,16)/t6-,7-/m0/s1. The number of aliphatic hydroxyl groups is 1. The first-order valence-corrected chi connectivity index (χ1v) is 6.07. The molecule has 2 heterocycles. The number of nitrogen functional groups attached to an aromatic ring is 2. The van der Waals surface area contributed by atoms with Gasteiger partial charge in [-0.15, -0.1) is 0 Å². The second-order valence-electron chi connectivity index (χ2n) is 4.73. The number of aliphatic hydroxyl groups excluding tert-OH is 1. The molecule has 1 aliphatic rings. The fourth-order valence-corrected chi connectivity index (χ4v) is 2.80. The molecular formula is C11H16N6O. The molecule has 2 aromatic rings. The van der Waals surface area contributed by atoms with Crippen molar-refractivity contribution < 1.29 is 5.11 Å². The maximum absolute atomic E-state index is 9.40. The van der Waals surface area contributed by atoms with Crippen molar-refractivity contribution >= 4 is 22.9 Å². The van der Waals surface area contributed by atoms with E-state index in [-0.39, 0.29) is 24.5 Å². The fourth-order valence-electron chi connectivity index (χ4n) is 2.80. The van der Waals surface area contributed by atoms with Crippen LogP contribution in [0.25, 0.3) is 11.2 Å². The summed E-state index contributed by atoms with van der Waals surface area (Å²) in [6.45, 7) is 0.181. The van der Waals surface area contributed by atoms with E-state index in [1.807, 2.05) is 4.57 Å². The summed E-state index contributed by atoms with van der Waals surface area (Å²) in [6.07, 6.45) is 4.86. The highest BCUT2D eigenvalue weighted by Gasteiger charge is 2.29. The Morgan fingerprint density at radius 2 is 2.17 bits per heavy atom. The van der Waals surface area contributed by atoms with Crippen molar-refractivity contribution in [3.63, 3.8) is 0 Å². The molecule has 96 valence electrons. The molecule has 18 heavy (non-hydrogen) atoms. The van der Waals surface area contributed by atoms with Crippen LogP contribution < -0.4 is 11.5 Å². The Bertz CT molecular complexity index is 580. The summed E-state index contributed by atoms with van der Waals surface area (Å²) in [6, 6.07) is 0.216. The van der Waals surface area contributed by atoms with Crippen LogP contribution in [0.2, 0.25) is 0 Å². The molecule has 1 fully saturated rings. The van der Waals surface area contributed by atoms with Crippen molar-refractivity contribution in [1.82, 2.24) is 19.5 Å². The number of rotatable bonds is 2. The third-order valence-electron chi connectivity index (χ3n) is 3.68. The molecule has 7 nitrogen and oxygen atoms in total. The lowest BCUT2D eigenvalue weighted by atomic mass is 10.1. The Morgan fingerprint density at radius 3 is 2.94 bits per heavy atom. The van der Waals surface area contributed by atoms with Crippen LogP contribution in [-0.2, 0) is 0 Å². The molecule has 0 aromatic carbocycles. The van der Waals surface area contributed by atoms with Gasteiger partial charge < -0.3 is 21.1 Å². The van der Waals surface area contributed by atoms with Crippen LogP contribution in [0.5, 0.6) is 0 Å². The number of anilines is 2. The Labute approximate surface area is 104 Å². The average molecular weight is 248 g/mol. The summed E-state index contributed by atoms with van der Waals surface area (Å²) in [5, 5.41) is 9.40. The Morgan fingerprint density at radius 1 is 1.33 bits per heavy atom. The zero-order chi connectivity index (χ0) is 12.7. The van der Waals surface area contributed by atoms with Crippen LogP contribution in [0.3, 0.4) is 0 Å². The van der Waals surface area contributed by atoms with E-state index in [1.165, 1.54) is 0 Å². The molecule has 0 unspecified atom stereocenters. The molecule has 2 atom stereocenters. The van der Waals surface area contributed by atoms with E-state index in [9.17, 15) is 5.11 Å². The van der Waals surface area contributed by atoms with Crippen LogP contribution >= 0.6 is 0 Å². The number of aromatic nitrogens is 4. The normalized spacial score (nSPS) is 23.8. The predicted octanol–water partition coefficient (Wildman–Crippen LogP) is 0.324. The summed E-state index contributed by atoms with van der Waals surface area (Å²) < 4.78 is 1.97. The van der Waals surface area contributed by atoms with Gasteiger partial charge in [0.15, 0.2) is 11.5 Å². The monoisotopic (exact) mass is 248 g/mol. The van der Waals surface area contributed by atoms with Crippen molar-refractivity contribution in [3.8, 4) is 0 Å². The molecule has 0 bridgehead atoms. The summed E-state index contributed by atoms with van der Waals surface area (Å²) in [4.78, 5) is 12.4. The van der Waals surface area contributed by atoms with Crippen molar-refractivity contribution in [2.75, 3.05) is 18.1 Å². The Kier molecular flexibility index (Phi) is 2.55. The fraction of sp³-hybridized carbons (Fsp3) is 0.545. The first kappa shape index (κ1) is 11.2. The second-order valence-corrected chi connectivity index (χ2v) is 4.73. The maximum Gasteiger partial charge on any atom is 0.224 e. The molecule has 7 heteroatoms. The molecule has 1 aliphatic carbocycles. The van der Waals surface area contributed by atoms with Crippen LogP contribution in [0.4, 0.5) is 11.8 Å². The van der Waals surface area contributed by atoms with Crippen LogP contribution in [0.1, 0.15) is 25.3 Å². The van der Waals surface area contributed by atoms with Crippen LogP contribution in [-0.4, -0.2) is 31.2 Å². The smallest absolute Gasteiger partial charge is 0.224 e. The van der Waals surface area contributed by atoms with Gasteiger partial charge in [-0.3, -0.25) is 0 Å². The summed E-state index contributed by atoms with van der Waals surface area (Å²) >= 11 is 0. The van der Waals surface area contributed by atoms with Crippen LogP contribution in [0, 0.1) is 5.92 Å². The van der Waals surface area contributed by atoms with Crippen LogP contribution in [0.15, 0.2) is 6.33 Å². The molecule has 0 radical (unpaired) electrons. The number of nitrogens with zero attached hydrogens (tertiary/aromatic N) is 4. The number of nitrogens with two attached hydrogens (primary N) is 2. The second kappa shape index (κ2) is 4.09. The van der Waals surface area contributed by atoms with Crippen molar-refractivity contribution in [2.45, 2.75) is 25.3 Å². The quantitative estimate of drug-likeness (QED) is 0.705. The molecule has 2 aromatic heterocycles. The largest absolute Gasteiger partial charge is 0.396 e. The molecule has 1 saturated carbocycles. The van der Waals surface area contributed by atoms with Gasteiger partial charge in [-0.2, -0.15) is 9.97 Å². The van der Waals surface area contributed by atoms with Crippen molar-refractivity contribution in [2.24, 2.45) is 5.92 Å². The Balaban J connectivity index is 2.12. The van der Waals surface area contributed by atoms with E-state index >= 15 is 0 Å². The highest BCUT2D eigenvalue weighted by atomic mass is 16.3. The number of hydrogen-bond donors (Lipinski definition) is 3. The molecule has 0 spiro atoms. The molecule has 0 aliphatic heterocycles. The lowest BCUT2D eigenvalue weighted by Crippen LogP contribution is -2.17. The molecule has 5 N–H and O–H groups in total. The van der Waals surface area contributed by atoms with Crippen molar-refractivity contribution in [3.05, 3.63) is 6.33 Å². The zero-order valence-electron chi connectivity index (χ0n) is 9.95. The van der Waals surface area contributed by atoms with Crippen molar-refractivity contribution in [1.29, 1.82) is 0 Å². The first-order valence-electron chi connectivity index (χ1n) is 6.07. The van der Waals surface area contributed by atoms with Gasteiger partial charge in [0, 0.05) is 18.6 Å².